The van der Waals surface area contributed by atoms with Crippen molar-refractivity contribution in [1.82, 2.24) is 24.6 Å². The highest BCUT2D eigenvalue weighted by Crippen LogP contribution is 2.21. The van der Waals surface area contributed by atoms with Crippen molar-refractivity contribution in [1.29, 1.82) is 0 Å². The molecule has 122 valence electrons. The number of hydrogen-bond acceptors (Lipinski definition) is 7. The van der Waals surface area contributed by atoms with Crippen LogP contribution in [0.25, 0.3) is 5.65 Å². The summed E-state index contributed by atoms with van der Waals surface area (Å²) in [6.07, 6.45) is 6.09. The highest BCUT2D eigenvalue weighted by Gasteiger charge is 2.17. The molecule has 9 nitrogen and oxygen atoms in total. The largest absolute Gasteiger partial charge is 0.378 e. The Labute approximate surface area is 137 Å². The lowest BCUT2D eigenvalue weighted by atomic mass is 10.3. The van der Waals surface area contributed by atoms with Crippen LogP contribution in [-0.4, -0.2) is 56.8 Å². The third kappa shape index (κ3) is 2.76. The Hall–Kier alpha value is -3.07. The molecule has 0 radical (unpaired) electrons. The molecule has 0 spiro atoms. The summed E-state index contributed by atoms with van der Waals surface area (Å²) in [7, 11) is 0. The molecule has 0 saturated carbocycles. The van der Waals surface area contributed by atoms with Gasteiger partial charge in [-0.05, 0) is 0 Å². The zero-order valence-corrected chi connectivity index (χ0v) is 12.8. The molecule has 3 aromatic heterocycles. The summed E-state index contributed by atoms with van der Waals surface area (Å²) in [4.78, 5) is 26.7. The van der Waals surface area contributed by atoms with Crippen molar-refractivity contribution in [3.8, 4) is 0 Å². The van der Waals surface area contributed by atoms with E-state index in [0.717, 1.165) is 18.9 Å². The topological polar surface area (TPSA) is 97.5 Å². The van der Waals surface area contributed by atoms with Crippen molar-refractivity contribution < 1.29 is 9.53 Å². The Morgan fingerprint density at radius 2 is 2.08 bits per heavy atom. The first-order valence-corrected chi connectivity index (χ1v) is 7.56. The molecule has 1 amide bonds. The average Bonchev–Trinajstić information content (AvgIpc) is 3.11. The minimum atomic E-state index is -0.354. The average molecular weight is 325 g/mol. The van der Waals surface area contributed by atoms with Gasteiger partial charge in [-0.3, -0.25) is 9.78 Å². The SMILES string of the molecule is O=C(Nc1cc(N2CCOCC2)n2nccc2n1)c1cnccn1. The number of rotatable bonds is 3. The molecular formula is C15H15N7O2. The number of nitrogens with one attached hydrogen (secondary N) is 1. The van der Waals surface area contributed by atoms with E-state index in [1.54, 1.807) is 22.8 Å². The second-order valence-corrected chi connectivity index (χ2v) is 5.24. The molecule has 0 aliphatic carbocycles. The third-order valence-electron chi connectivity index (χ3n) is 3.71. The Morgan fingerprint density at radius 1 is 1.21 bits per heavy atom. The lowest BCUT2D eigenvalue weighted by Gasteiger charge is -2.29. The van der Waals surface area contributed by atoms with Crippen molar-refractivity contribution in [2.75, 3.05) is 36.5 Å². The van der Waals surface area contributed by atoms with Gasteiger partial charge in [0.1, 0.15) is 17.3 Å². The Bertz CT molecular complexity index is 859. The molecule has 3 aromatic rings. The minimum Gasteiger partial charge on any atom is -0.378 e. The summed E-state index contributed by atoms with van der Waals surface area (Å²) in [5.74, 6) is 0.954. The predicted molar refractivity (Wildman–Crippen MR) is 86.0 cm³/mol. The third-order valence-corrected chi connectivity index (χ3v) is 3.71. The molecule has 4 heterocycles. The van der Waals surface area contributed by atoms with Gasteiger partial charge in [0, 0.05) is 37.6 Å². The van der Waals surface area contributed by atoms with Gasteiger partial charge >= 0.3 is 0 Å². The van der Waals surface area contributed by atoms with Crippen molar-refractivity contribution >= 4 is 23.2 Å². The van der Waals surface area contributed by atoms with Crippen LogP contribution in [0.3, 0.4) is 0 Å². The summed E-state index contributed by atoms with van der Waals surface area (Å²) in [6.45, 7) is 2.84. The van der Waals surface area contributed by atoms with Gasteiger partial charge in [-0.15, -0.1) is 0 Å². The molecule has 1 saturated heterocycles. The van der Waals surface area contributed by atoms with E-state index < -0.39 is 0 Å². The van der Waals surface area contributed by atoms with Crippen LogP contribution < -0.4 is 10.2 Å². The zero-order chi connectivity index (χ0) is 16.4. The minimum absolute atomic E-state index is 0.237. The van der Waals surface area contributed by atoms with E-state index in [2.05, 4.69) is 30.3 Å². The molecule has 1 aliphatic rings. The summed E-state index contributed by atoms with van der Waals surface area (Å²) in [5, 5.41) is 7.08. The predicted octanol–water partition coefficient (Wildman–Crippen LogP) is 0.608. The van der Waals surface area contributed by atoms with Gasteiger partial charge in [-0.25, -0.2) is 9.97 Å². The first-order chi connectivity index (χ1) is 11.8. The molecule has 1 N–H and O–H groups in total. The van der Waals surface area contributed by atoms with E-state index >= 15 is 0 Å². The molecule has 24 heavy (non-hydrogen) atoms. The number of amides is 1. The quantitative estimate of drug-likeness (QED) is 0.753. The number of carbonyl (C=O) groups excluding carboxylic acids is 1. The van der Waals surface area contributed by atoms with E-state index in [9.17, 15) is 4.79 Å². The number of carbonyl (C=O) groups is 1. The van der Waals surface area contributed by atoms with Gasteiger partial charge in [0.25, 0.3) is 5.91 Å². The maximum Gasteiger partial charge on any atom is 0.277 e. The fourth-order valence-electron chi connectivity index (χ4n) is 2.58. The van der Waals surface area contributed by atoms with Crippen LogP contribution in [0, 0.1) is 0 Å². The van der Waals surface area contributed by atoms with Crippen molar-refractivity contribution in [3.63, 3.8) is 0 Å². The number of ether oxygens (including phenoxy) is 1. The van der Waals surface area contributed by atoms with Crippen molar-refractivity contribution in [2.45, 2.75) is 0 Å². The van der Waals surface area contributed by atoms with Crippen molar-refractivity contribution in [3.05, 3.63) is 42.6 Å². The number of aromatic nitrogens is 5. The second kappa shape index (κ2) is 6.20. The zero-order valence-electron chi connectivity index (χ0n) is 12.8. The van der Waals surface area contributed by atoms with Gasteiger partial charge < -0.3 is 15.0 Å². The van der Waals surface area contributed by atoms with Crippen molar-refractivity contribution in [2.24, 2.45) is 0 Å². The second-order valence-electron chi connectivity index (χ2n) is 5.24. The highest BCUT2D eigenvalue weighted by molar-refractivity contribution is 6.02. The lowest BCUT2D eigenvalue weighted by Crippen LogP contribution is -2.37. The summed E-state index contributed by atoms with van der Waals surface area (Å²) in [6, 6.07) is 3.60. The van der Waals surface area contributed by atoms with Crippen LogP contribution in [0.1, 0.15) is 10.5 Å². The Balaban J connectivity index is 1.67. The van der Waals surface area contributed by atoms with E-state index in [0.29, 0.717) is 24.7 Å². The molecular weight excluding hydrogens is 310 g/mol. The fraction of sp³-hybridized carbons (Fsp3) is 0.267. The molecule has 0 atom stereocenters. The van der Waals surface area contributed by atoms with Crippen LogP contribution in [0.15, 0.2) is 36.9 Å². The number of nitrogens with zero attached hydrogens (tertiary/aromatic N) is 6. The van der Waals surface area contributed by atoms with Crippen LogP contribution in [0.5, 0.6) is 0 Å². The number of anilines is 2. The molecule has 9 heteroatoms. The first kappa shape index (κ1) is 14.5. The summed E-state index contributed by atoms with van der Waals surface area (Å²) < 4.78 is 7.15. The smallest absolute Gasteiger partial charge is 0.277 e. The molecule has 0 aromatic carbocycles. The van der Waals surface area contributed by atoms with Gasteiger partial charge in [0.15, 0.2) is 5.65 Å². The van der Waals surface area contributed by atoms with Gasteiger partial charge in [0.2, 0.25) is 0 Å². The summed E-state index contributed by atoms with van der Waals surface area (Å²) >= 11 is 0. The van der Waals surface area contributed by atoms with Gasteiger partial charge in [-0.2, -0.15) is 9.61 Å². The normalized spacial score (nSPS) is 14.8. The van der Waals surface area contributed by atoms with Gasteiger partial charge in [-0.1, -0.05) is 0 Å². The number of morpholine rings is 1. The molecule has 0 unspecified atom stereocenters. The van der Waals surface area contributed by atoms with Crippen LogP contribution in [0.2, 0.25) is 0 Å². The lowest BCUT2D eigenvalue weighted by molar-refractivity contribution is 0.102. The molecule has 4 rings (SSSR count). The van der Waals surface area contributed by atoms with E-state index in [1.165, 1.54) is 18.6 Å². The Morgan fingerprint density at radius 3 is 2.88 bits per heavy atom. The summed E-state index contributed by atoms with van der Waals surface area (Å²) in [5.41, 5.74) is 0.897. The number of hydrogen-bond donors (Lipinski definition) is 1. The molecule has 0 bridgehead atoms. The van der Waals surface area contributed by atoms with Gasteiger partial charge in [0.05, 0.1) is 25.6 Å². The molecule has 1 aliphatic heterocycles. The van der Waals surface area contributed by atoms with Crippen LogP contribution >= 0.6 is 0 Å². The monoisotopic (exact) mass is 325 g/mol. The van der Waals surface area contributed by atoms with E-state index in [-0.39, 0.29) is 11.6 Å². The maximum atomic E-state index is 12.3. The number of fused-ring (bicyclic) bond motifs is 1. The Kier molecular flexibility index (Phi) is 3.75. The highest BCUT2D eigenvalue weighted by atomic mass is 16.5. The van der Waals surface area contributed by atoms with E-state index in [1.807, 2.05) is 0 Å². The fourth-order valence-corrected chi connectivity index (χ4v) is 2.58. The van der Waals surface area contributed by atoms with Crippen LogP contribution in [-0.2, 0) is 4.74 Å². The molecule has 1 fully saturated rings. The van der Waals surface area contributed by atoms with Crippen LogP contribution in [0.4, 0.5) is 11.6 Å². The maximum absolute atomic E-state index is 12.3. The van der Waals surface area contributed by atoms with E-state index in [4.69, 9.17) is 4.74 Å². The first-order valence-electron chi connectivity index (χ1n) is 7.56. The standard InChI is InChI=1S/C15H15N7O2/c23-15(11-10-16-3-4-17-11)20-12-9-14(21-5-7-24-8-6-21)22-13(19-12)1-2-18-22/h1-4,9-10H,5-8H2,(H,19,20,23).